The number of carbonyl (C=O) groups is 1. The highest BCUT2D eigenvalue weighted by atomic mass is 35.5. The van der Waals surface area contributed by atoms with Gasteiger partial charge in [0.05, 0.1) is 0 Å². The van der Waals surface area contributed by atoms with E-state index in [9.17, 15) is 4.79 Å². The van der Waals surface area contributed by atoms with Gasteiger partial charge in [-0.3, -0.25) is 4.79 Å². The molecule has 26 heavy (non-hydrogen) atoms. The van der Waals surface area contributed by atoms with Gasteiger partial charge in [0.25, 0.3) is 5.91 Å². The summed E-state index contributed by atoms with van der Waals surface area (Å²) in [6.45, 7) is 4.74. The lowest BCUT2D eigenvalue weighted by Crippen LogP contribution is -2.45. The molecule has 4 rings (SSSR count). The smallest absolute Gasteiger partial charge is 0.292 e. The number of nitrogens with one attached hydrogen (secondary N) is 1. The Morgan fingerprint density at radius 2 is 1.88 bits per heavy atom. The number of benzene rings is 1. The Balaban J connectivity index is 0.00000196. The summed E-state index contributed by atoms with van der Waals surface area (Å²) in [6.07, 6.45) is 4.77. The van der Waals surface area contributed by atoms with Crippen LogP contribution in [0.5, 0.6) is 0 Å². The van der Waals surface area contributed by atoms with E-state index in [0.29, 0.717) is 17.5 Å². The summed E-state index contributed by atoms with van der Waals surface area (Å²) < 4.78 is 5.32. The molecule has 2 aliphatic rings. The van der Waals surface area contributed by atoms with Gasteiger partial charge in [-0.2, -0.15) is 0 Å². The van der Waals surface area contributed by atoms with Gasteiger partial charge in [-0.1, -0.05) is 35.0 Å². The largest absolute Gasteiger partial charge is 0.350 e. The van der Waals surface area contributed by atoms with E-state index in [1.165, 1.54) is 18.4 Å². The number of carbonyl (C=O) groups excluding carboxylic acids is 1. The molecule has 0 spiro atoms. The van der Waals surface area contributed by atoms with E-state index in [0.717, 1.165) is 44.0 Å². The lowest BCUT2D eigenvalue weighted by Gasteiger charge is -2.31. The number of likely N-dealkylation sites (tertiary alicyclic amines) is 1. The molecule has 1 aromatic heterocycles. The highest BCUT2D eigenvalue weighted by molar-refractivity contribution is 5.92. The van der Waals surface area contributed by atoms with Crippen LogP contribution in [0.4, 0.5) is 0 Å². The molecule has 2 aromatic rings. The third kappa shape index (κ3) is 4.46. The van der Waals surface area contributed by atoms with Gasteiger partial charge in [-0.25, -0.2) is 0 Å². The maximum Gasteiger partial charge on any atom is 0.292 e. The standard InChI is InChI=1S/C20H25N3O2.ClH/c1-14-2-6-16(7-3-14)18-12-19(25-22-18)20(24)23-10-8-17(9-11-23)21-13-15-4-5-15;/h2-3,6-7,12,15,17,21H,4-5,8-11,13H2,1H3;1H. The first-order chi connectivity index (χ1) is 12.2. The Bertz CT molecular complexity index is 732. The van der Waals surface area contributed by atoms with E-state index < -0.39 is 0 Å². The van der Waals surface area contributed by atoms with Crippen molar-refractivity contribution in [3.05, 3.63) is 41.7 Å². The molecule has 1 saturated heterocycles. The van der Waals surface area contributed by atoms with E-state index in [2.05, 4.69) is 10.5 Å². The molecule has 1 aromatic carbocycles. The summed E-state index contributed by atoms with van der Waals surface area (Å²) >= 11 is 0. The van der Waals surface area contributed by atoms with Crippen LogP contribution in [0, 0.1) is 12.8 Å². The van der Waals surface area contributed by atoms with Crippen molar-refractivity contribution in [2.45, 2.75) is 38.6 Å². The molecule has 1 amide bonds. The van der Waals surface area contributed by atoms with Crippen LogP contribution in [-0.4, -0.2) is 41.6 Å². The molecular weight excluding hydrogens is 350 g/mol. The summed E-state index contributed by atoms with van der Waals surface area (Å²) in [4.78, 5) is 14.5. The molecule has 1 saturated carbocycles. The molecule has 1 N–H and O–H groups in total. The lowest BCUT2D eigenvalue weighted by molar-refractivity contribution is 0.0663. The van der Waals surface area contributed by atoms with Crippen molar-refractivity contribution in [3.8, 4) is 11.3 Å². The van der Waals surface area contributed by atoms with Gasteiger partial charge in [0.2, 0.25) is 5.76 Å². The SMILES string of the molecule is Cc1ccc(-c2cc(C(=O)N3CCC(NCC4CC4)CC3)on2)cc1.Cl. The number of aryl methyl sites for hydroxylation is 1. The second-order valence-electron chi connectivity index (χ2n) is 7.36. The monoisotopic (exact) mass is 375 g/mol. The van der Waals surface area contributed by atoms with Crippen molar-refractivity contribution in [2.24, 2.45) is 5.92 Å². The summed E-state index contributed by atoms with van der Waals surface area (Å²) in [5, 5.41) is 7.71. The highest BCUT2D eigenvalue weighted by Gasteiger charge is 2.28. The summed E-state index contributed by atoms with van der Waals surface area (Å²) in [6, 6.07) is 10.4. The Labute approximate surface area is 160 Å². The second kappa shape index (κ2) is 8.23. The average Bonchev–Trinajstić information content (AvgIpc) is 3.35. The van der Waals surface area contributed by atoms with Crippen molar-refractivity contribution in [2.75, 3.05) is 19.6 Å². The fourth-order valence-corrected chi connectivity index (χ4v) is 3.33. The molecule has 2 fully saturated rings. The van der Waals surface area contributed by atoms with E-state index in [4.69, 9.17) is 4.52 Å². The number of hydrogen-bond acceptors (Lipinski definition) is 4. The minimum absolute atomic E-state index is 0. The van der Waals surface area contributed by atoms with Gasteiger partial charge >= 0.3 is 0 Å². The quantitative estimate of drug-likeness (QED) is 0.866. The molecule has 1 aliphatic carbocycles. The van der Waals surface area contributed by atoms with Crippen molar-refractivity contribution < 1.29 is 9.32 Å². The van der Waals surface area contributed by atoms with E-state index in [-0.39, 0.29) is 18.3 Å². The second-order valence-corrected chi connectivity index (χ2v) is 7.36. The van der Waals surface area contributed by atoms with Gasteiger partial charge in [-0.05, 0) is 45.1 Å². The first kappa shape index (κ1) is 18.9. The Kier molecular flexibility index (Phi) is 5.99. The molecule has 2 heterocycles. The number of piperidine rings is 1. The highest BCUT2D eigenvalue weighted by Crippen LogP contribution is 2.28. The van der Waals surface area contributed by atoms with Gasteiger partial charge < -0.3 is 14.7 Å². The molecular formula is C20H26ClN3O2. The minimum Gasteiger partial charge on any atom is -0.350 e. The maximum absolute atomic E-state index is 12.7. The van der Waals surface area contributed by atoms with Crippen LogP contribution in [0.25, 0.3) is 11.3 Å². The summed E-state index contributed by atoms with van der Waals surface area (Å²) in [7, 11) is 0. The minimum atomic E-state index is -0.0495. The normalized spacial score (nSPS) is 17.8. The first-order valence-corrected chi connectivity index (χ1v) is 9.25. The molecule has 0 bridgehead atoms. The van der Waals surface area contributed by atoms with Crippen LogP contribution >= 0.6 is 12.4 Å². The lowest BCUT2D eigenvalue weighted by atomic mass is 10.0. The predicted molar refractivity (Wildman–Crippen MR) is 104 cm³/mol. The Morgan fingerprint density at radius 1 is 1.19 bits per heavy atom. The Morgan fingerprint density at radius 3 is 2.54 bits per heavy atom. The summed E-state index contributed by atoms with van der Waals surface area (Å²) in [5.74, 6) is 1.18. The van der Waals surface area contributed by atoms with E-state index in [1.54, 1.807) is 6.07 Å². The zero-order valence-electron chi connectivity index (χ0n) is 15.1. The number of aromatic nitrogens is 1. The zero-order valence-corrected chi connectivity index (χ0v) is 15.9. The molecule has 140 valence electrons. The van der Waals surface area contributed by atoms with Gasteiger partial charge in [0, 0.05) is 30.8 Å². The molecule has 5 nitrogen and oxygen atoms in total. The summed E-state index contributed by atoms with van der Waals surface area (Å²) in [5.41, 5.74) is 2.88. The molecule has 1 aliphatic heterocycles. The van der Waals surface area contributed by atoms with Crippen LogP contribution in [0.2, 0.25) is 0 Å². The number of hydrogen-bond donors (Lipinski definition) is 1. The topological polar surface area (TPSA) is 58.4 Å². The van der Waals surface area contributed by atoms with E-state index in [1.807, 2.05) is 36.1 Å². The fraction of sp³-hybridized carbons (Fsp3) is 0.500. The fourth-order valence-electron chi connectivity index (χ4n) is 3.33. The van der Waals surface area contributed by atoms with Crippen molar-refractivity contribution in [3.63, 3.8) is 0 Å². The average molecular weight is 376 g/mol. The third-order valence-electron chi connectivity index (χ3n) is 5.24. The van der Waals surface area contributed by atoms with Crippen LogP contribution in [-0.2, 0) is 0 Å². The van der Waals surface area contributed by atoms with Crippen LogP contribution in [0.3, 0.4) is 0 Å². The molecule has 0 atom stereocenters. The number of amides is 1. The predicted octanol–water partition coefficient (Wildman–Crippen LogP) is 3.68. The first-order valence-electron chi connectivity index (χ1n) is 9.25. The Hall–Kier alpha value is -1.85. The maximum atomic E-state index is 12.7. The van der Waals surface area contributed by atoms with Crippen molar-refractivity contribution in [1.82, 2.24) is 15.4 Å². The number of nitrogens with zero attached hydrogens (tertiary/aromatic N) is 2. The van der Waals surface area contributed by atoms with Gasteiger partial charge in [-0.15, -0.1) is 12.4 Å². The van der Waals surface area contributed by atoms with E-state index >= 15 is 0 Å². The van der Waals surface area contributed by atoms with Crippen LogP contribution in [0.1, 0.15) is 41.8 Å². The van der Waals surface area contributed by atoms with Gasteiger partial charge in [0.15, 0.2) is 0 Å². The molecule has 0 radical (unpaired) electrons. The van der Waals surface area contributed by atoms with Crippen LogP contribution < -0.4 is 5.32 Å². The van der Waals surface area contributed by atoms with Crippen LogP contribution in [0.15, 0.2) is 34.9 Å². The third-order valence-corrected chi connectivity index (χ3v) is 5.24. The van der Waals surface area contributed by atoms with Crippen molar-refractivity contribution in [1.29, 1.82) is 0 Å². The van der Waals surface area contributed by atoms with Gasteiger partial charge in [0.1, 0.15) is 5.69 Å². The number of rotatable bonds is 5. The molecule has 0 unspecified atom stereocenters. The van der Waals surface area contributed by atoms with Crippen molar-refractivity contribution >= 4 is 18.3 Å². The zero-order chi connectivity index (χ0) is 17.2. The number of halogens is 1. The molecule has 6 heteroatoms.